The van der Waals surface area contributed by atoms with Gasteiger partial charge in [0.15, 0.2) is 0 Å². The van der Waals surface area contributed by atoms with Gasteiger partial charge in [0.05, 0.1) is 12.1 Å². The van der Waals surface area contributed by atoms with Crippen LogP contribution in [0.3, 0.4) is 0 Å². The number of hydrogen-bond donors (Lipinski definition) is 3. The maximum absolute atomic E-state index is 11.9. The second kappa shape index (κ2) is 5.65. The van der Waals surface area contributed by atoms with E-state index in [2.05, 4.69) is 10.6 Å². The molecule has 2 heterocycles. The molecule has 2 aliphatic heterocycles. The fourth-order valence-electron chi connectivity index (χ4n) is 1.99. The van der Waals surface area contributed by atoms with E-state index in [-0.39, 0.29) is 30.5 Å². The van der Waals surface area contributed by atoms with Crippen molar-refractivity contribution in [2.75, 3.05) is 32.7 Å². The molecule has 1 amide bonds. The Bertz CT molecular complexity index is 215. The highest BCUT2D eigenvalue weighted by atomic mass is 35.5. The summed E-state index contributed by atoms with van der Waals surface area (Å²) in [6.45, 7) is 3.65. The van der Waals surface area contributed by atoms with Crippen LogP contribution in [0.1, 0.15) is 6.42 Å². The molecule has 0 radical (unpaired) electrons. The molecule has 0 aromatic rings. The number of aliphatic hydroxyl groups is 1. The molecule has 88 valence electrons. The number of amides is 1. The van der Waals surface area contributed by atoms with Gasteiger partial charge in [-0.05, 0) is 6.42 Å². The third kappa shape index (κ3) is 3.04. The van der Waals surface area contributed by atoms with Crippen LogP contribution < -0.4 is 10.6 Å². The van der Waals surface area contributed by atoms with Gasteiger partial charge in [-0.1, -0.05) is 0 Å². The first-order valence-corrected chi connectivity index (χ1v) is 5.18. The van der Waals surface area contributed by atoms with Crippen molar-refractivity contribution in [2.45, 2.75) is 18.6 Å². The molecule has 2 rings (SSSR count). The summed E-state index contributed by atoms with van der Waals surface area (Å²) in [6.07, 6.45) is 0.391. The van der Waals surface area contributed by atoms with Crippen LogP contribution in [0, 0.1) is 0 Å². The Hall–Kier alpha value is -0.360. The van der Waals surface area contributed by atoms with Crippen molar-refractivity contribution in [1.29, 1.82) is 0 Å². The average Bonchev–Trinajstić information content (AvgIpc) is 2.65. The van der Waals surface area contributed by atoms with Crippen LogP contribution in [0.5, 0.6) is 0 Å². The lowest BCUT2D eigenvalue weighted by Gasteiger charge is -2.27. The highest BCUT2D eigenvalue weighted by Crippen LogP contribution is 2.10. The SMILES string of the molecule is Cl.O=C(C1CNCCN1)N1CCC(O)C1. The molecule has 15 heavy (non-hydrogen) atoms. The number of hydrogen-bond acceptors (Lipinski definition) is 4. The normalized spacial score (nSPS) is 31.1. The summed E-state index contributed by atoms with van der Waals surface area (Å²) >= 11 is 0. The fourth-order valence-corrected chi connectivity index (χ4v) is 1.99. The monoisotopic (exact) mass is 235 g/mol. The van der Waals surface area contributed by atoms with Crippen LogP contribution >= 0.6 is 12.4 Å². The smallest absolute Gasteiger partial charge is 0.241 e. The molecule has 0 aromatic heterocycles. The first-order chi connectivity index (χ1) is 6.77. The molecule has 6 heteroatoms. The minimum atomic E-state index is -0.324. The molecule has 2 saturated heterocycles. The second-order valence-electron chi connectivity index (χ2n) is 3.94. The van der Waals surface area contributed by atoms with Gasteiger partial charge in [0.2, 0.25) is 5.91 Å². The summed E-state index contributed by atoms with van der Waals surface area (Å²) in [5, 5.41) is 15.7. The molecular formula is C9H18ClN3O2. The van der Waals surface area contributed by atoms with Crippen LogP contribution in [0.4, 0.5) is 0 Å². The minimum Gasteiger partial charge on any atom is -0.391 e. The Labute approximate surface area is 95.6 Å². The van der Waals surface area contributed by atoms with Crippen molar-refractivity contribution in [3.05, 3.63) is 0 Å². The summed E-state index contributed by atoms with van der Waals surface area (Å²) in [4.78, 5) is 13.6. The van der Waals surface area contributed by atoms with Crippen molar-refractivity contribution in [2.24, 2.45) is 0 Å². The van der Waals surface area contributed by atoms with E-state index < -0.39 is 0 Å². The van der Waals surface area contributed by atoms with Gasteiger partial charge in [0.1, 0.15) is 0 Å². The van der Waals surface area contributed by atoms with Crippen molar-refractivity contribution in [3.8, 4) is 0 Å². The lowest BCUT2D eigenvalue weighted by atomic mass is 10.2. The Morgan fingerprint density at radius 1 is 1.40 bits per heavy atom. The highest BCUT2D eigenvalue weighted by Gasteiger charge is 2.30. The quantitative estimate of drug-likeness (QED) is 0.521. The van der Waals surface area contributed by atoms with Gasteiger partial charge in [-0.2, -0.15) is 0 Å². The molecule has 2 atom stereocenters. The zero-order valence-electron chi connectivity index (χ0n) is 8.61. The average molecular weight is 236 g/mol. The molecular weight excluding hydrogens is 218 g/mol. The topological polar surface area (TPSA) is 64.6 Å². The van der Waals surface area contributed by atoms with Crippen LogP contribution in [-0.2, 0) is 4.79 Å². The van der Waals surface area contributed by atoms with Gasteiger partial charge in [-0.25, -0.2) is 0 Å². The molecule has 3 N–H and O–H groups in total. The van der Waals surface area contributed by atoms with Crippen molar-refractivity contribution >= 4 is 18.3 Å². The molecule has 0 saturated carbocycles. The van der Waals surface area contributed by atoms with Gasteiger partial charge in [0.25, 0.3) is 0 Å². The Kier molecular flexibility index (Phi) is 4.79. The number of rotatable bonds is 1. The number of β-amino-alcohol motifs (C(OH)–C–C–N with tert-alkyl or cyclic N) is 1. The van der Waals surface area contributed by atoms with Gasteiger partial charge in [-0.15, -0.1) is 12.4 Å². The lowest BCUT2D eigenvalue weighted by Crippen LogP contribution is -2.56. The van der Waals surface area contributed by atoms with E-state index in [0.717, 1.165) is 13.1 Å². The fraction of sp³-hybridized carbons (Fsp3) is 0.889. The molecule has 2 aliphatic rings. The van der Waals surface area contributed by atoms with Crippen LogP contribution in [-0.4, -0.2) is 60.8 Å². The third-order valence-electron chi connectivity index (χ3n) is 2.81. The molecule has 0 bridgehead atoms. The number of carbonyl (C=O) groups excluding carboxylic acids is 1. The van der Waals surface area contributed by atoms with E-state index in [9.17, 15) is 9.90 Å². The summed E-state index contributed by atoms with van der Waals surface area (Å²) in [5.41, 5.74) is 0. The van der Waals surface area contributed by atoms with Crippen molar-refractivity contribution in [3.63, 3.8) is 0 Å². The standard InChI is InChI=1S/C9H17N3O2.ClH/c13-7-1-4-12(6-7)9(14)8-5-10-2-3-11-8;/h7-8,10-11,13H,1-6H2;1H. The molecule has 2 fully saturated rings. The van der Waals surface area contributed by atoms with Gasteiger partial charge in [0, 0.05) is 32.7 Å². The summed E-state index contributed by atoms with van der Waals surface area (Å²) in [7, 11) is 0. The maximum Gasteiger partial charge on any atom is 0.241 e. The second-order valence-corrected chi connectivity index (χ2v) is 3.94. The van der Waals surface area contributed by atoms with E-state index in [0.29, 0.717) is 26.1 Å². The number of aliphatic hydroxyl groups excluding tert-OH is 1. The summed E-state index contributed by atoms with van der Waals surface area (Å²) < 4.78 is 0. The molecule has 2 unspecified atom stereocenters. The van der Waals surface area contributed by atoms with Gasteiger partial charge < -0.3 is 20.6 Å². The van der Waals surface area contributed by atoms with E-state index in [1.807, 2.05) is 0 Å². The zero-order valence-corrected chi connectivity index (χ0v) is 9.42. The number of carbonyl (C=O) groups is 1. The van der Waals surface area contributed by atoms with Gasteiger partial charge in [-0.3, -0.25) is 4.79 Å². The van der Waals surface area contributed by atoms with E-state index in [1.165, 1.54) is 0 Å². The van der Waals surface area contributed by atoms with Crippen molar-refractivity contribution < 1.29 is 9.90 Å². The number of nitrogens with one attached hydrogen (secondary N) is 2. The lowest BCUT2D eigenvalue weighted by molar-refractivity contribution is -0.132. The summed E-state index contributed by atoms with van der Waals surface area (Å²) in [6, 6.07) is -0.103. The zero-order chi connectivity index (χ0) is 9.97. The number of likely N-dealkylation sites (tertiary alicyclic amines) is 1. The van der Waals surface area contributed by atoms with E-state index in [1.54, 1.807) is 4.90 Å². The third-order valence-corrected chi connectivity index (χ3v) is 2.81. The largest absolute Gasteiger partial charge is 0.391 e. The van der Waals surface area contributed by atoms with Crippen molar-refractivity contribution in [1.82, 2.24) is 15.5 Å². The Morgan fingerprint density at radius 2 is 2.20 bits per heavy atom. The van der Waals surface area contributed by atoms with Crippen LogP contribution in [0.15, 0.2) is 0 Å². The molecule has 0 spiro atoms. The predicted molar refractivity (Wildman–Crippen MR) is 59.1 cm³/mol. The van der Waals surface area contributed by atoms with E-state index >= 15 is 0 Å². The van der Waals surface area contributed by atoms with Crippen LogP contribution in [0.25, 0.3) is 0 Å². The highest BCUT2D eigenvalue weighted by molar-refractivity contribution is 5.85. The number of nitrogens with zero attached hydrogens (tertiary/aromatic N) is 1. The number of halogens is 1. The first-order valence-electron chi connectivity index (χ1n) is 5.18. The van der Waals surface area contributed by atoms with Gasteiger partial charge >= 0.3 is 0 Å². The summed E-state index contributed by atoms with van der Waals surface area (Å²) in [5.74, 6) is 0.119. The Morgan fingerprint density at radius 3 is 2.73 bits per heavy atom. The molecule has 5 nitrogen and oxygen atoms in total. The predicted octanol–water partition coefficient (Wildman–Crippen LogP) is -1.44. The molecule has 0 aliphatic carbocycles. The maximum atomic E-state index is 11.9. The Balaban J connectivity index is 0.00000112. The molecule has 0 aromatic carbocycles. The minimum absolute atomic E-state index is 0. The van der Waals surface area contributed by atoms with Crippen LogP contribution in [0.2, 0.25) is 0 Å². The first kappa shape index (κ1) is 12.7. The van der Waals surface area contributed by atoms with E-state index in [4.69, 9.17) is 0 Å². The number of piperazine rings is 1.